The minimum Gasteiger partial charge on any atom is -0.338 e. The molecule has 1 aliphatic heterocycles. The molecule has 0 aliphatic carbocycles. The topological polar surface area (TPSA) is 71.4 Å². The maximum atomic E-state index is 6.02. The van der Waals surface area contributed by atoms with Crippen molar-refractivity contribution < 1.29 is 4.52 Å². The summed E-state index contributed by atoms with van der Waals surface area (Å²) in [5.74, 6) is 1.62. The normalized spacial score (nSPS) is 24.0. The number of nitrogens with two attached hydrogens (primary N) is 1. The van der Waals surface area contributed by atoms with E-state index in [1.165, 1.54) is 0 Å². The highest BCUT2D eigenvalue weighted by atomic mass is 16.5. The second kappa shape index (κ2) is 5.98. The zero-order chi connectivity index (χ0) is 14.0. The zero-order valence-electron chi connectivity index (χ0n) is 12.3. The zero-order valence-corrected chi connectivity index (χ0v) is 12.3. The molecule has 19 heavy (non-hydrogen) atoms. The van der Waals surface area contributed by atoms with Crippen molar-refractivity contribution in [1.29, 1.82) is 0 Å². The fourth-order valence-corrected chi connectivity index (χ4v) is 2.30. The van der Waals surface area contributed by atoms with Crippen molar-refractivity contribution in [1.82, 2.24) is 19.9 Å². The molecule has 0 saturated carbocycles. The lowest BCUT2D eigenvalue weighted by molar-refractivity contribution is 0.113. The third-order valence-electron chi connectivity index (χ3n) is 3.89. The van der Waals surface area contributed by atoms with Gasteiger partial charge in [0.2, 0.25) is 5.89 Å². The van der Waals surface area contributed by atoms with E-state index in [2.05, 4.69) is 47.9 Å². The van der Waals surface area contributed by atoms with Crippen LogP contribution in [0, 0.1) is 5.92 Å². The SMILES string of the molecule is CC(C)[C@@H](N)c1nc(CC2CN(C)CCN2C)no1. The Labute approximate surface area is 114 Å². The molecule has 2 rings (SSSR count). The van der Waals surface area contributed by atoms with Gasteiger partial charge in [0.05, 0.1) is 6.04 Å². The number of rotatable bonds is 4. The molecule has 6 heteroatoms. The maximum absolute atomic E-state index is 6.02. The molecular weight excluding hydrogens is 242 g/mol. The second-order valence-electron chi connectivity index (χ2n) is 5.92. The summed E-state index contributed by atoms with van der Waals surface area (Å²) < 4.78 is 5.27. The molecule has 2 heterocycles. The van der Waals surface area contributed by atoms with Gasteiger partial charge in [0.15, 0.2) is 5.82 Å². The van der Waals surface area contributed by atoms with Crippen LogP contribution in [-0.2, 0) is 6.42 Å². The molecule has 1 aromatic rings. The van der Waals surface area contributed by atoms with Crippen molar-refractivity contribution in [2.24, 2.45) is 11.7 Å². The van der Waals surface area contributed by atoms with Crippen LogP contribution in [0.2, 0.25) is 0 Å². The van der Waals surface area contributed by atoms with E-state index >= 15 is 0 Å². The van der Waals surface area contributed by atoms with E-state index in [0.717, 1.165) is 31.9 Å². The van der Waals surface area contributed by atoms with Crippen LogP contribution < -0.4 is 5.73 Å². The van der Waals surface area contributed by atoms with E-state index in [9.17, 15) is 0 Å². The summed E-state index contributed by atoms with van der Waals surface area (Å²) in [7, 11) is 4.30. The van der Waals surface area contributed by atoms with Gasteiger partial charge in [-0.15, -0.1) is 0 Å². The molecule has 1 aromatic heterocycles. The number of piperazine rings is 1. The monoisotopic (exact) mass is 267 g/mol. The Balaban J connectivity index is 1.99. The molecule has 108 valence electrons. The first kappa shape index (κ1) is 14.4. The molecule has 0 radical (unpaired) electrons. The highest BCUT2D eigenvalue weighted by Crippen LogP contribution is 2.18. The standard InChI is InChI=1S/C13H25N5O/c1-9(2)12(14)13-15-11(16-19-13)7-10-8-17(3)5-6-18(10)4/h9-10,12H,5-8,14H2,1-4H3/t10?,12-/m1/s1. The van der Waals surface area contributed by atoms with E-state index < -0.39 is 0 Å². The molecule has 1 fully saturated rings. The van der Waals surface area contributed by atoms with Crippen molar-refractivity contribution in [3.8, 4) is 0 Å². The number of aromatic nitrogens is 2. The summed E-state index contributed by atoms with van der Waals surface area (Å²) >= 11 is 0. The fourth-order valence-electron chi connectivity index (χ4n) is 2.30. The molecular formula is C13H25N5O. The van der Waals surface area contributed by atoms with Crippen LogP contribution in [0.25, 0.3) is 0 Å². The average Bonchev–Trinajstić information content (AvgIpc) is 2.81. The highest BCUT2D eigenvalue weighted by Gasteiger charge is 2.25. The van der Waals surface area contributed by atoms with Crippen molar-refractivity contribution in [2.45, 2.75) is 32.4 Å². The van der Waals surface area contributed by atoms with E-state index in [0.29, 0.717) is 17.9 Å². The number of hydrogen-bond donors (Lipinski definition) is 1. The van der Waals surface area contributed by atoms with Crippen LogP contribution in [0.3, 0.4) is 0 Å². The minimum atomic E-state index is -0.173. The van der Waals surface area contributed by atoms with Gasteiger partial charge in [0.1, 0.15) is 0 Å². The maximum Gasteiger partial charge on any atom is 0.243 e. The van der Waals surface area contributed by atoms with Gasteiger partial charge in [0, 0.05) is 32.1 Å². The van der Waals surface area contributed by atoms with Crippen LogP contribution in [-0.4, -0.2) is 59.7 Å². The Morgan fingerprint density at radius 3 is 2.79 bits per heavy atom. The van der Waals surface area contributed by atoms with Crippen molar-refractivity contribution in [2.75, 3.05) is 33.7 Å². The molecule has 0 aromatic carbocycles. The highest BCUT2D eigenvalue weighted by molar-refractivity contribution is 4.96. The van der Waals surface area contributed by atoms with Gasteiger partial charge < -0.3 is 20.1 Å². The Kier molecular flexibility index (Phi) is 4.54. The summed E-state index contributed by atoms with van der Waals surface area (Å²) in [5, 5.41) is 4.06. The van der Waals surface area contributed by atoms with Crippen molar-refractivity contribution >= 4 is 0 Å². The van der Waals surface area contributed by atoms with Crippen molar-refractivity contribution in [3.63, 3.8) is 0 Å². The van der Waals surface area contributed by atoms with Gasteiger partial charge in [-0.25, -0.2) is 0 Å². The molecule has 2 atom stereocenters. The first-order valence-electron chi connectivity index (χ1n) is 6.94. The Morgan fingerprint density at radius 1 is 1.37 bits per heavy atom. The molecule has 6 nitrogen and oxygen atoms in total. The van der Waals surface area contributed by atoms with Gasteiger partial charge in [-0.1, -0.05) is 19.0 Å². The number of nitrogens with zero attached hydrogens (tertiary/aromatic N) is 4. The summed E-state index contributed by atoms with van der Waals surface area (Å²) in [6, 6.07) is 0.271. The number of hydrogen-bond acceptors (Lipinski definition) is 6. The van der Waals surface area contributed by atoms with Gasteiger partial charge in [-0.05, 0) is 20.0 Å². The smallest absolute Gasteiger partial charge is 0.243 e. The molecule has 0 spiro atoms. The molecule has 1 unspecified atom stereocenters. The van der Waals surface area contributed by atoms with Crippen LogP contribution in [0.15, 0.2) is 4.52 Å². The van der Waals surface area contributed by atoms with Gasteiger partial charge in [-0.3, -0.25) is 0 Å². The predicted octanol–water partition coefficient (Wildman–Crippen LogP) is 0.514. The van der Waals surface area contributed by atoms with E-state index in [4.69, 9.17) is 10.3 Å². The first-order chi connectivity index (χ1) is 8.97. The van der Waals surface area contributed by atoms with E-state index in [-0.39, 0.29) is 6.04 Å². The van der Waals surface area contributed by atoms with Crippen LogP contribution in [0.5, 0.6) is 0 Å². The van der Waals surface area contributed by atoms with E-state index in [1.807, 2.05) is 0 Å². The summed E-state index contributed by atoms with van der Waals surface area (Å²) in [6.07, 6.45) is 0.815. The Hall–Kier alpha value is -0.980. The molecule has 1 aliphatic rings. The van der Waals surface area contributed by atoms with Gasteiger partial charge >= 0.3 is 0 Å². The lowest BCUT2D eigenvalue weighted by Gasteiger charge is -2.37. The second-order valence-corrected chi connectivity index (χ2v) is 5.92. The summed E-state index contributed by atoms with van der Waals surface area (Å²) in [4.78, 5) is 9.14. The molecule has 0 amide bonds. The fraction of sp³-hybridized carbons (Fsp3) is 0.846. The molecule has 2 N–H and O–H groups in total. The largest absolute Gasteiger partial charge is 0.338 e. The number of likely N-dealkylation sites (N-methyl/N-ethyl adjacent to an activating group) is 2. The lowest BCUT2D eigenvalue weighted by Crippen LogP contribution is -2.50. The van der Waals surface area contributed by atoms with Crippen LogP contribution in [0.1, 0.15) is 31.6 Å². The lowest BCUT2D eigenvalue weighted by atomic mass is 10.1. The third kappa shape index (κ3) is 3.52. The first-order valence-corrected chi connectivity index (χ1v) is 6.94. The minimum absolute atomic E-state index is 0.173. The predicted molar refractivity (Wildman–Crippen MR) is 73.7 cm³/mol. The van der Waals surface area contributed by atoms with E-state index in [1.54, 1.807) is 0 Å². The van der Waals surface area contributed by atoms with Crippen LogP contribution >= 0.6 is 0 Å². The quantitative estimate of drug-likeness (QED) is 0.857. The Morgan fingerprint density at radius 2 is 2.11 bits per heavy atom. The third-order valence-corrected chi connectivity index (χ3v) is 3.89. The van der Waals surface area contributed by atoms with Gasteiger partial charge in [0.25, 0.3) is 0 Å². The average molecular weight is 267 g/mol. The van der Waals surface area contributed by atoms with Gasteiger partial charge in [-0.2, -0.15) is 4.98 Å². The summed E-state index contributed by atoms with van der Waals surface area (Å²) in [5.41, 5.74) is 6.02. The Bertz CT molecular complexity index is 405. The van der Waals surface area contributed by atoms with Crippen molar-refractivity contribution in [3.05, 3.63) is 11.7 Å². The molecule has 1 saturated heterocycles. The summed E-state index contributed by atoms with van der Waals surface area (Å²) in [6.45, 7) is 7.34. The molecule has 0 bridgehead atoms. The van der Waals surface area contributed by atoms with Crippen LogP contribution in [0.4, 0.5) is 0 Å².